The molecule has 0 aromatic carbocycles. The van der Waals surface area contributed by atoms with E-state index in [1.807, 2.05) is 6.92 Å². The molecule has 0 aliphatic heterocycles. The molecule has 2 N–H and O–H groups in total. The van der Waals surface area contributed by atoms with Crippen LogP contribution in [0.15, 0.2) is 17.0 Å². The van der Waals surface area contributed by atoms with Gasteiger partial charge in [-0.05, 0) is 19.8 Å². The molecule has 0 bridgehead atoms. The van der Waals surface area contributed by atoms with E-state index in [9.17, 15) is 4.79 Å². The van der Waals surface area contributed by atoms with E-state index in [2.05, 4.69) is 27.4 Å². The summed E-state index contributed by atoms with van der Waals surface area (Å²) in [5.74, 6) is 0.0951. The molecule has 0 radical (unpaired) electrons. The summed E-state index contributed by atoms with van der Waals surface area (Å²) in [5, 5.41) is 14.9. The van der Waals surface area contributed by atoms with E-state index in [1.54, 1.807) is 6.08 Å². The Bertz CT molecular complexity index is 457. The van der Waals surface area contributed by atoms with Gasteiger partial charge in [-0.3, -0.25) is 4.79 Å². The fourth-order valence-electron chi connectivity index (χ4n) is 2.08. The smallest absolute Gasteiger partial charge is 0.233 e. The molecule has 0 saturated heterocycles. The molecule has 1 atom stereocenters. The number of amides is 1. The van der Waals surface area contributed by atoms with Crippen LogP contribution < -0.4 is 10.6 Å². The molecule has 1 aliphatic carbocycles. The molecule has 110 valence electrons. The summed E-state index contributed by atoms with van der Waals surface area (Å²) in [7, 11) is 0. The lowest BCUT2D eigenvalue weighted by atomic mass is 10.2. The first-order valence-corrected chi connectivity index (χ1v) is 8.54. The van der Waals surface area contributed by atoms with Crippen molar-refractivity contribution in [2.24, 2.45) is 0 Å². The normalized spacial score (nSPS) is 16.9. The average molecular weight is 312 g/mol. The van der Waals surface area contributed by atoms with Crippen LogP contribution in [0, 0.1) is 0 Å². The number of hydrogen-bond acceptors (Lipinski definition) is 6. The van der Waals surface area contributed by atoms with Gasteiger partial charge in [0.15, 0.2) is 4.34 Å². The van der Waals surface area contributed by atoms with E-state index in [4.69, 9.17) is 0 Å². The van der Waals surface area contributed by atoms with Crippen LogP contribution in [0.25, 0.3) is 0 Å². The Morgan fingerprint density at radius 2 is 2.30 bits per heavy atom. The molecule has 1 fully saturated rings. The van der Waals surface area contributed by atoms with Gasteiger partial charge < -0.3 is 10.6 Å². The van der Waals surface area contributed by atoms with Crippen LogP contribution >= 0.6 is 23.1 Å². The van der Waals surface area contributed by atoms with Gasteiger partial charge in [0.1, 0.15) is 0 Å². The van der Waals surface area contributed by atoms with E-state index in [-0.39, 0.29) is 11.2 Å². The van der Waals surface area contributed by atoms with Crippen LogP contribution in [0.2, 0.25) is 0 Å². The third kappa shape index (κ3) is 4.49. The average Bonchev–Trinajstić information content (AvgIpc) is 3.08. The van der Waals surface area contributed by atoms with Crippen molar-refractivity contribution in [1.82, 2.24) is 15.5 Å². The van der Waals surface area contributed by atoms with Crippen molar-refractivity contribution in [2.75, 3.05) is 11.9 Å². The predicted octanol–water partition coefficient (Wildman–Crippen LogP) is 2.68. The molecule has 1 heterocycles. The largest absolute Gasteiger partial charge is 0.357 e. The molecule has 0 unspecified atom stereocenters. The minimum atomic E-state index is -0.143. The highest BCUT2D eigenvalue weighted by Gasteiger charge is 2.22. The molecule has 1 saturated carbocycles. The molecular weight excluding hydrogens is 292 g/mol. The number of rotatable bonds is 7. The lowest BCUT2D eigenvalue weighted by molar-refractivity contribution is -0.120. The molecule has 7 heteroatoms. The summed E-state index contributed by atoms with van der Waals surface area (Å²) < 4.78 is 0.811. The molecule has 2 rings (SSSR count). The molecule has 20 heavy (non-hydrogen) atoms. The van der Waals surface area contributed by atoms with E-state index in [0.717, 1.165) is 22.3 Å². The SMILES string of the molecule is C=CCNc1nnc(S[C@H](C)C(=O)NC2CCCC2)s1. The molecule has 5 nitrogen and oxygen atoms in total. The summed E-state index contributed by atoms with van der Waals surface area (Å²) in [5.41, 5.74) is 0. The number of aromatic nitrogens is 2. The Hall–Kier alpha value is -1.08. The highest BCUT2D eigenvalue weighted by molar-refractivity contribution is 8.02. The summed E-state index contributed by atoms with van der Waals surface area (Å²) in [6.07, 6.45) is 6.43. The fraction of sp³-hybridized carbons (Fsp3) is 0.615. The zero-order chi connectivity index (χ0) is 14.4. The number of nitrogens with one attached hydrogen (secondary N) is 2. The van der Waals surface area contributed by atoms with Gasteiger partial charge in [-0.15, -0.1) is 16.8 Å². The van der Waals surface area contributed by atoms with Crippen molar-refractivity contribution in [2.45, 2.75) is 48.2 Å². The van der Waals surface area contributed by atoms with Crippen LogP contribution in [0.3, 0.4) is 0 Å². The third-order valence-corrected chi connectivity index (χ3v) is 5.22. The van der Waals surface area contributed by atoms with E-state index in [0.29, 0.717) is 12.6 Å². The van der Waals surface area contributed by atoms with Crippen molar-refractivity contribution in [3.63, 3.8) is 0 Å². The van der Waals surface area contributed by atoms with Crippen molar-refractivity contribution in [3.8, 4) is 0 Å². The number of carbonyl (C=O) groups excluding carboxylic acids is 1. The van der Waals surface area contributed by atoms with Crippen molar-refractivity contribution in [1.29, 1.82) is 0 Å². The standard InChI is InChI=1S/C13H20N4OS2/c1-3-8-14-12-16-17-13(20-12)19-9(2)11(18)15-10-6-4-5-7-10/h3,9-10H,1,4-8H2,2H3,(H,14,16)(H,15,18)/t9-/m1/s1. The van der Waals surface area contributed by atoms with Crippen LogP contribution in [0.1, 0.15) is 32.6 Å². The van der Waals surface area contributed by atoms with Gasteiger partial charge in [0, 0.05) is 12.6 Å². The number of thioether (sulfide) groups is 1. The van der Waals surface area contributed by atoms with Gasteiger partial charge in [0.05, 0.1) is 5.25 Å². The van der Waals surface area contributed by atoms with Crippen molar-refractivity contribution >= 4 is 34.1 Å². The first-order chi connectivity index (χ1) is 9.69. The maximum absolute atomic E-state index is 12.1. The monoisotopic (exact) mass is 312 g/mol. The zero-order valence-corrected chi connectivity index (χ0v) is 13.2. The predicted molar refractivity (Wildman–Crippen MR) is 84.3 cm³/mol. The van der Waals surface area contributed by atoms with Gasteiger partial charge in [-0.25, -0.2) is 0 Å². The lowest BCUT2D eigenvalue weighted by Crippen LogP contribution is -2.37. The molecule has 0 spiro atoms. The van der Waals surface area contributed by atoms with Crippen LogP contribution in [0.5, 0.6) is 0 Å². The fourth-order valence-corrected chi connectivity index (χ4v) is 3.99. The van der Waals surface area contributed by atoms with Crippen LogP contribution in [-0.2, 0) is 4.79 Å². The number of nitrogens with zero attached hydrogens (tertiary/aromatic N) is 2. The topological polar surface area (TPSA) is 66.9 Å². The van der Waals surface area contributed by atoms with Crippen LogP contribution in [0.4, 0.5) is 5.13 Å². The first-order valence-electron chi connectivity index (χ1n) is 6.84. The van der Waals surface area contributed by atoms with Crippen LogP contribution in [-0.4, -0.2) is 33.9 Å². The molecule has 1 aromatic heterocycles. The number of anilines is 1. The van der Waals surface area contributed by atoms with E-state index >= 15 is 0 Å². The minimum Gasteiger partial charge on any atom is -0.357 e. The van der Waals surface area contributed by atoms with E-state index in [1.165, 1.54) is 35.9 Å². The number of carbonyl (C=O) groups is 1. The van der Waals surface area contributed by atoms with Gasteiger partial charge in [-0.2, -0.15) is 0 Å². The van der Waals surface area contributed by atoms with Gasteiger partial charge in [-0.1, -0.05) is 42.0 Å². The highest BCUT2D eigenvalue weighted by atomic mass is 32.2. The van der Waals surface area contributed by atoms with E-state index < -0.39 is 0 Å². The minimum absolute atomic E-state index is 0.0951. The second kappa shape index (κ2) is 7.64. The number of hydrogen-bond donors (Lipinski definition) is 2. The lowest BCUT2D eigenvalue weighted by Gasteiger charge is -2.15. The zero-order valence-electron chi connectivity index (χ0n) is 11.6. The summed E-state index contributed by atoms with van der Waals surface area (Å²) in [4.78, 5) is 12.1. The molecule has 1 amide bonds. The third-order valence-electron chi connectivity index (χ3n) is 3.15. The Labute approximate surface area is 127 Å². The van der Waals surface area contributed by atoms with Gasteiger partial charge in [0.25, 0.3) is 0 Å². The second-order valence-electron chi connectivity index (χ2n) is 4.79. The summed E-state index contributed by atoms with van der Waals surface area (Å²) in [6.45, 7) is 6.21. The first kappa shape index (κ1) is 15.3. The molecule has 1 aromatic rings. The summed E-state index contributed by atoms with van der Waals surface area (Å²) >= 11 is 2.92. The highest BCUT2D eigenvalue weighted by Crippen LogP contribution is 2.29. The van der Waals surface area contributed by atoms with Crippen molar-refractivity contribution < 1.29 is 4.79 Å². The Balaban J connectivity index is 1.80. The summed E-state index contributed by atoms with van der Waals surface area (Å²) in [6, 6.07) is 0.366. The molecular formula is C13H20N4OS2. The van der Waals surface area contributed by atoms with Gasteiger partial charge >= 0.3 is 0 Å². The Kier molecular flexibility index (Phi) is 5.85. The Morgan fingerprint density at radius 3 is 3.00 bits per heavy atom. The maximum atomic E-state index is 12.1. The van der Waals surface area contributed by atoms with Gasteiger partial charge in [0.2, 0.25) is 11.0 Å². The molecule has 1 aliphatic rings. The Morgan fingerprint density at radius 1 is 1.55 bits per heavy atom. The second-order valence-corrected chi connectivity index (χ2v) is 7.36. The maximum Gasteiger partial charge on any atom is 0.233 e. The quantitative estimate of drug-likeness (QED) is 0.598. The van der Waals surface area contributed by atoms with Crippen molar-refractivity contribution in [3.05, 3.63) is 12.7 Å².